The summed E-state index contributed by atoms with van der Waals surface area (Å²) >= 11 is 5.88. The highest BCUT2D eigenvalue weighted by Crippen LogP contribution is 2.19. The zero-order chi connectivity index (χ0) is 19.2. The minimum absolute atomic E-state index is 0.0313. The number of hydrogen-bond donors (Lipinski definition) is 1. The molecule has 0 bridgehead atoms. The lowest BCUT2D eigenvalue weighted by Gasteiger charge is -2.30. The number of halogens is 2. The van der Waals surface area contributed by atoms with Crippen molar-refractivity contribution in [3.05, 3.63) is 70.5 Å². The van der Waals surface area contributed by atoms with Crippen LogP contribution in [0.4, 0.5) is 4.39 Å². The molecule has 1 aliphatic rings. The maximum Gasteiger partial charge on any atom is 0.243 e. The molecule has 1 aliphatic heterocycles. The molecule has 1 fully saturated rings. The van der Waals surface area contributed by atoms with E-state index in [0.717, 1.165) is 49.3 Å². The summed E-state index contributed by atoms with van der Waals surface area (Å²) in [6.45, 7) is 4.32. The van der Waals surface area contributed by atoms with Crippen LogP contribution in [0.5, 0.6) is 0 Å². The topological polar surface area (TPSA) is 44.7 Å². The molecular weight excluding hydrogens is 365 g/mol. The largest absolute Gasteiger partial charge is 0.299 e. The molecule has 1 N–H and O–H groups in total. The van der Waals surface area contributed by atoms with Crippen LogP contribution in [0.3, 0.4) is 0 Å². The molecule has 142 valence electrons. The van der Waals surface area contributed by atoms with Crippen LogP contribution in [0.15, 0.2) is 53.6 Å². The lowest BCUT2D eigenvalue weighted by atomic mass is 9.96. The molecule has 2 aromatic rings. The maximum atomic E-state index is 13.0. The number of amides is 1. The molecule has 2 aromatic carbocycles. The summed E-state index contributed by atoms with van der Waals surface area (Å²) in [6, 6.07) is 13.9. The van der Waals surface area contributed by atoms with Gasteiger partial charge in [-0.15, -0.1) is 0 Å². The Bertz CT molecular complexity index is 797. The molecule has 6 heteroatoms. The third kappa shape index (κ3) is 5.62. The van der Waals surface area contributed by atoms with Gasteiger partial charge in [0.05, 0.1) is 5.71 Å². The van der Waals surface area contributed by atoms with Crippen LogP contribution in [0.25, 0.3) is 0 Å². The summed E-state index contributed by atoms with van der Waals surface area (Å²) in [7, 11) is 0. The van der Waals surface area contributed by atoms with E-state index < -0.39 is 0 Å². The third-order valence-electron chi connectivity index (χ3n) is 4.87. The minimum atomic E-state index is -0.219. The fourth-order valence-electron chi connectivity index (χ4n) is 3.19. The molecule has 1 heterocycles. The highest BCUT2D eigenvalue weighted by atomic mass is 35.5. The molecule has 0 aliphatic carbocycles. The Morgan fingerprint density at radius 2 is 1.78 bits per heavy atom. The van der Waals surface area contributed by atoms with Crippen molar-refractivity contribution in [2.75, 3.05) is 13.1 Å². The predicted molar refractivity (Wildman–Crippen MR) is 106 cm³/mol. The SMILES string of the molecule is C/C(=N\NC(=O)C1CCN(Cc2ccc(F)cc2)CC1)c1ccc(Cl)cc1. The number of hydrogen-bond acceptors (Lipinski definition) is 3. The molecule has 0 unspecified atom stereocenters. The minimum Gasteiger partial charge on any atom is -0.299 e. The number of carbonyl (C=O) groups is 1. The monoisotopic (exact) mass is 387 g/mol. The standard InChI is InChI=1S/C21H23ClFN3O/c1-15(17-4-6-19(22)7-5-17)24-25-21(27)18-10-12-26(13-11-18)14-16-2-8-20(23)9-3-16/h2-9,18H,10-14H2,1H3,(H,25,27)/b24-15+. The van der Waals surface area contributed by atoms with E-state index >= 15 is 0 Å². The van der Waals surface area contributed by atoms with Gasteiger partial charge in [-0.1, -0.05) is 35.9 Å². The molecule has 0 radical (unpaired) electrons. The van der Waals surface area contributed by atoms with Gasteiger partial charge in [-0.2, -0.15) is 5.10 Å². The van der Waals surface area contributed by atoms with Gasteiger partial charge in [-0.25, -0.2) is 9.82 Å². The van der Waals surface area contributed by atoms with Crippen LogP contribution in [0, 0.1) is 11.7 Å². The van der Waals surface area contributed by atoms with Gasteiger partial charge in [0.1, 0.15) is 5.82 Å². The molecule has 3 rings (SSSR count). The highest BCUT2D eigenvalue weighted by molar-refractivity contribution is 6.30. The zero-order valence-corrected chi connectivity index (χ0v) is 16.0. The first-order valence-corrected chi connectivity index (χ1v) is 9.46. The fraction of sp³-hybridized carbons (Fsp3) is 0.333. The number of benzene rings is 2. The number of hydrazone groups is 1. The average Bonchev–Trinajstić information content (AvgIpc) is 2.69. The third-order valence-corrected chi connectivity index (χ3v) is 5.13. The van der Waals surface area contributed by atoms with Crippen LogP contribution in [0.1, 0.15) is 30.9 Å². The zero-order valence-electron chi connectivity index (χ0n) is 15.3. The van der Waals surface area contributed by atoms with Crippen molar-refractivity contribution >= 4 is 23.2 Å². The summed E-state index contributed by atoms with van der Waals surface area (Å²) in [5.41, 5.74) is 5.45. The van der Waals surface area contributed by atoms with Gasteiger partial charge in [0.15, 0.2) is 0 Å². The Balaban J connectivity index is 1.47. The van der Waals surface area contributed by atoms with Crippen molar-refractivity contribution in [3.63, 3.8) is 0 Å². The molecule has 0 aromatic heterocycles. The average molecular weight is 388 g/mol. The first-order valence-electron chi connectivity index (χ1n) is 9.08. The van der Waals surface area contributed by atoms with Crippen molar-refractivity contribution in [2.45, 2.75) is 26.3 Å². The van der Waals surface area contributed by atoms with Crippen molar-refractivity contribution in [1.29, 1.82) is 0 Å². The second-order valence-electron chi connectivity index (χ2n) is 6.86. The van der Waals surface area contributed by atoms with Crippen LogP contribution in [0.2, 0.25) is 5.02 Å². The first-order chi connectivity index (χ1) is 13.0. The van der Waals surface area contributed by atoms with Crippen LogP contribution in [-0.4, -0.2) is 29.6 Å². The number of rotatable bonds is 5. The molecular formula is C21H23ClFN3O. The smallest absolute Gasteiger partial charge is 0.243 e. The van der Waals surface area contributed by atoms with Gasteiger partial charge >= 0.3 is 0 Å². The molecule has 0 spiro atoms. The predicted octanol–water partition coefficient (Wildman–Crippen LogP) is 4.23. The van der Waals surface area contributed by atoms with E-state index in [0.29, 0.717) is 5.02 Å². The maximum absolute atomic E-state index is 13.0. The first kappa shape index (κ1) is 19.5. The molecule has 1 saturated heterocycles. The number of piperidine rings is 1. The van der Waals surface area contributed by atoms with Crippen molar-refractivity contribution in [1.82, 2.24) is 10.3 Å². The van der Waals surface area contributed by atoms with E-state index in [4.69, 9.17) is 11.6 Å². The number of nitrogens with zero attached hydrogens (tertiary/aromatic N) is 2. The number of carbonyl (C=O) groups excluding carboxylic acids is 1. The van der Waals surface area contributed by atoms with Gasteiger partial charge in [0.25, 0.3) is 0 Å². The Hall–Kier alpha value is -2.24. The van der Waals surface area contributed by atoms with Gasteiger partial charge in [-0.3, -0.25) is 9.69 Å². The van der Waals surface area contributed by atoms with E-state index in [9.17, 15) is 9.18 Å². The van der Waals surface area contributed by atoms with Gasteiger partial charge in [0.2, 0.25) is 5.91 Å². The van der Waals surface area contributed by atoms with E-state index in [2.05, 4.69) is 15.4 Å². The van der Waals surface area contributed by atoms with Crippen molar-refractivity contribution < 1.29 is 9.18 Å². The van der Waals surface area contributed by atoms with Crippen LogP contribution < -0.4 is 5.43 Å². The molecule has 4 nitrogen and oxygen atoms in total. The van der Waals surface area contributed by atoms with E-state index in [1.165, 1.54) is 12.1 Å². The van der Waals surface area contributed by atoms with Gasteiger partial charge < -0.3 is 0 Å². The Morgan fingerprint density at radius 3 is 2.41 bits per heavy atom. The van der Waals surface area contributed by atoms with Crippen molar-refractivity contribution in [2.24, 2.45) is 11.0 Å². The lowest BCUT2D eigenvalue weighted by molar-refractivity contribution is -0.126. The molecule has 1 amide bonds. The van der Waals surface area contributed by atoms with E-state index in [-0.39, 0.29) is 17.6 Å². The van der Waals surface area contributed by atoms with E-state index in [1.807, 2.05) is 31.2 Å². The fourth-order valence-corrected chi connectivity index (χ4v) is 3.31. The quantitative estimate of drug-likeness (QED) is 0.616. The summed E-state index contributed by atoms with van der Waals surface area (Å²) in [4.78, 5) is 14.7. The summed E-state index contributed by atoms with van der Waals surface area (Å²) in [5, 5.41) is 4.89. The summed E-state index contributed by atoms with van der Waals surface area (Å²) in [6.07, 6.45) is 1.59. The molecule has 27 heavy (non-hydrogen) atoms. The Kier molecular flexibility index (Phi) is 6.58. The Morgan fingerprint density at radius 1 is 1.15 bits per heavy atom. The second-order valence-corrected chi connectivity index (χ2v) is 7.29. The van der Waals surface area contributed by atoms with Gasteiger partial charge in [-0.05, 0) is 68.2 Å². The summed E-state index contributed by atoms with van der Waals surface area (Å²) in [5.74, 6) is -0.287. The second kappa shape index (κ2) is 9.11. The highest BCUT2D eigenvalue weighted by Gasteiger charge is 2.24. The van der Waals surface area contributed by atoms with Crippen LogP contribution in [-0.2, 0) is 11.3 Å². The molecule has 0 atom stereocenters. The number of likely N-dealkylation sites (tertiary alicyclic amines) is 1. The normalized spacial score (nSPS) is 16.3. The van der Waals surface area contributed by atoms with Gasteiger partial charge in [0, 0.05) is 17.5 Å². The summed E-state index contributed by atoms with van der Waals surface area (Å²) < 4.78 is 13.0. The Labute approximate surface area is 164 Å². The van der Waals surface area contributed by atoms with Crippen molar-refractivity contribution in [3.8, 4) is 0 Å². The van der Waals surface area contributed by atoms with E-state index in [1.54, 1.807) is 12.1 Å². The lowest BCUT2D eigenvalue weighted by Crippen LogP contribution is -2.39. The number of nitrogens with one attached hydrogen (secondary N) is 1. The molecule has 0 saturated carbocycles. The van der Waals surface area contributed by atoms with Crippen LogP contribution >= 0.6 is 11.6 Å².